The molecule has 0 aliphatic carbocycles. The van der Waals surface area contributed by atoms with E-state index in [0.717, 1.165) is 24.2 Å². The molecule has 4 rings (SSSR count). The van der Waals surface area contributed by atoms with Gasteiger partial charge in [-0.1, -0.05) is 32.0 Å². The van der Waals surface area contributed by atoms with E-state index in [4.69, 9.17) is 10.1 Å². The molecule has 2 amide bonds. The quantitative estimate of drug-likeness (QED) is 0.646. The zero-order valence-electron chi connectivity index (χ0n) is 18.5. The van der Waals surface area contributed by atoms with Crippen molar-refractivity contribution < 1.29 is 14.3 Å². The minimum absolute atomic E-state index is 0.0837. The number of hydrogen-bond acceptors (Lipinski definition) is 5. The maximum absolute atomic E-state index is 12.9. The van der Waals surface area contributed by atoms with Crippen molar-refractivity contribution in [3.63, 3.8) is 0 Å². The summed E-state index contributed by atoms with van der Waals surface area (Å²) in [6, 6.07) is 10.9. The lowest BCUT2D eigenvalue weighted by atomic mass is 9.87. The van der Waals surface area contributed by atoms with Gasteiger partial charge in [-0.3, -0.25) is 24.9 Å². The van der Waals surface area contributed by atoms with Crippen LogP contribution < -0.4 is 15.4 Å². The minimum atomic E-state index is -0.361. The van der Waals surface area contributed by atoms with Gasteiger partial charge in [-0.15, -0.1) is 0 Å². The summed E-state index contributed by atoms with van der Waals surface area (Å²) in [5.74, 6) is 0.571. The Labute approximate surface area is 187 Å². The van der Waals surface area contributed by atoms with E-state index in [-0.39, 0.29) is 35.9 Å². The Morgan fingerprint density at radius 1 is 1.31 bits per heavy atom. The smallest absolute Gasteiger partial charge is 0.251 e. The highest BCUT2D eigenvalue weighted by Gasteiger charge is 2.39. The molecule has 1 aromatic heterocycles. The van der Waals surface area contributed by atoms with Gasteiger partial charge < -0.3 is 15.4 Å². The monoisotopic (exact) mass is 435 g/mol. The number of hydrogen-bond donors (Lipinski definition) is 3. The maximum Gasteiger partial charge on any atom is 0.251 e. The standard InChI is InChI=1S/C24H29N5O3/c1-3-24(4-2)14-21(30)29(23(25)28-24)15-17-13-16(9-11-26-17)22(31)27-19-10-12-32-20-8-6-5-7-18(19)20/h5-9,11,13,19H,3-4,10,12,14-15H2,1-2H3,(H2,25,28)(H,27,31)/t19-/m0/s1. The van der Waals surface area contributed by atoms with E-state index >= 15 is 0 Å². The van der Waals surface area contributed by atoms with E-state index in [0.29, 0.717) is 30.7 Å². The Morgan fingerprint density at radius 2 is 2.09 bits per heavy atom. The fourth-order valence-electron chi connectivity index (χ4n) is 4.32. The summed E-state index contributed by atoms with van der Waals surface area (Å²) in [6.45, 7) is 4.74. The summed E-state index contributed by atoms with van der Waals surface area (Å²) in [6.07, 6.45) is 4.15. The zero-order chi connectivity index (χ0) is 22.7. The second-order valence-corrected chi connectivity index (χ2v) is 8.35. The first kappa shape index (κ1) is 21.8. The van der Waals surface area contributed by atoms with Crippen molar-refractivity contribution in [3.05, 3.63) is 59.4 Å². The highest BCUT2D eigenvalue weighted by molar-refractivity contribution is 5.99. The molecule has 2 aromatic rings. The predicted molar refractivity (Wildman–Crippen MR) is 120 cm³/mol. The third-order valence-electron chi connectivity index (χ3n) is 6.46. The van der Waals surface area contributed by atoms with E-state index in [1.165, 1.54) is 4.90 Å². The summed E-state index contributed by atoms with van der Waals surface area (Å²) < 4.78 is 5.67. The van der Waals surface area contributed by atoms with Crippen LogP contribution in [0.15, 0.2) is 42.6 Å². The Hall–Kier alpha value is -3.42. The van der Waals surface area contributed by atoms with E-state index in [1.54, 1.807) is 18.3 Å². The van der Waals surface area contributed by atoms with E-state index in [9.17, 15) is 9.59 Å². The summed E-state index contributed by atoms with van der Waals surface area (Å²) in [7, 11) is 0. The zero-order valence-corrected chi connectivity index (χ0v) is 18.5. The average Bonchev–Trinajstić information content (AvgIpc) is 2.81. The van der Waals surface area contributed by atoms with E-state index < -0.39 is 0 Å². The number of aromatic nitrogens is 1. The van der Waals surface area contributed by atoms with E-state index in [2.05, 4.69) is 15.6 Å². The van der Waals surface area contributed by atoms with E-state index in [1.807, 2.05) is 38.1 Å². The number of nitrogens with zero attached hydrogens (tertiary/aromatic N) is 2. The van der Waals surface area contributed by atoms with Crippen molar-refractivity contribution in [2.24, 2.45) is 0 Å². The number of guanidine groups is 1. The fraction of sp³-hybridized carbons (Fsp3) is 0.417. The highest BCUT2D eigenvalue weighted by Crippen LogP contribution is 2.31. The number of para-hydroxylation sites is 1. The minimum Gasteiger partial charge on any atom is -0.493 e. The molecule has 1 saturated heterocycles. The number of pyridine rings is 1. The summed E-state index contributed by atoms with van der Waals surface area (Å²) in [5.41, 5.74) is 1.64. The third kappa shape index (κ3) is 4.30. The SMILES string of the molecule is CCC1(CC)CC(=O)N(Cc2cc(C(=O)N[C@H]3CCOc4ccccc43)ccn2)C(=N)N1. The maximum atomic E-state index is 12.9. The van der Waals surface area contributed by atoms with Crippen molar-refractivity contribution >= 4 is 17.8 Å². The van der Waals surface area contributed by atoms with Gasteiger partial charge in [0.1, 0.15) is 5.75 Å². The van der Waals surface area contributed by atoms with Gasteiger partial charge in [0.25, 0.3) is 5.91 Å². The molecule has 0 bridgehead atoms. The molecule has 0 spiro atoms. The highest BCUT2D eigenvalue weighted by atomic mass is 16.5. The van der Waals surface area contributed by atoms with Gasteiger partial charge in [0.15, 0.2) is 5.96 Å². The molecule has 0 unspecified atom stereocenters. The number of ether oxygens (including phenoxy) is 1. The van der Waals surface area contributed by atoms with Gasteiger partial charge in [-0.05, 0) is 31.0 Å². The number of rotatable bonds is 6. The third-order valence-corrected chi connectivity index (χ3v) is 6.46. The Bertz CT molecular complexity index is 1010. The van der Waals surface area contributed by atoms with Gasteiger partial charge >= 0.3 is 0 Å². The Balaban J connectivity index is 1.46. The van der Waals surface area contributed by atoms with Crippen LogP contribution in [-0.2, 0) is 11.3 Å². The van der Waals surface area contributed by atoms with Crippen LogP contribution in [-0.4, -0.2) is 39.8 Å². The van der Waals surface area contributed by atoms with Crippen LogP contribution >= 0.6 is 0 Å². The van der Waals surface area contributed by atoms with Crippen LogP contribution in [0.3, 0.4) is 0 Å². The number of nitrogens with one attached hydrogen (secondary N) is 3. The number of carbonyl (C=O) groups is 2. The Kier molecular flexibility index (Phi) is 6.12. The summed E-state index contributed by atoms with van der Waals surface area (Å²) >= 11 is 0. The van der Waals surface area contributed by atoms with Crippen LogP contribution in [0.4, 0.5) is 0 Å². The van der Waals surface area contributed by atoms with Crippen molar-refractivity contribution in [1.29, 1.82) is 5.41 Å². The average molecular weight is 436 g/mol. The first-order chi connectivity index (χ1) is 15.4. The van der Waals surface area contributed by atoms with Crippen LogP contribution in [0, 0.1) is 5.41 Å². The molecule has 0 radical (unpaired) electrons. The molecule has 0 saturated carbocycles. The molecule has 2 aliphatic heterocycles. The van der Waals surface area contributed by atoms with Crippen molar-refractivity contribution in [1.82, 2.24) is 20.5 Å². The van der Waals surface area contributed by atoms with Crippen molar-refractivity contribution in [2.45, 2.75) is 57.7 Å². The second kappa shape index (κ2) is 8.98. The molecule has 2 aliphatic rings. The summed E-state index contributed by atoms with van der Waals surface area (Å²) in [4.78, 5) is 31.4. The van der Waals surface area contributed by atoms with Gasteiger partial charge in [-0.25, -0.2) is 0 Å². The van der Waals surface area contributed by atoms with Gasteiger partial charge in [-0.2, -0.15) is 0 Å². The van der Waals surface area contributed by atoms with Gasteiger partial charge in [0, 0.05) is 29.3 Å². The predicted octanol–water partition coefficient (Wildman–Crippen LogP) is 3.15. The number of fused-ring (bicyclic) bond motifs is 1. The second-order valence-electron chi connectivity index (χ2n) is 8.35. The number of benzene rings is 1. The normalized spacial score (nSPS) is 19.6. The molecule has 8 heteroatoms. The molecular formula is C24H29N5O3. The number of carbonyl (C=O) groups excluding carboxylic acids is 2. The van der Waals surface area contributed by atoms with Crippen LogP contribution in [0.1, 0.15) is 67.2 Å². The lowest BCUT2D eigenvalue weighted by molar-refractivity contribution is -0.131. The molecule has 8 nitrogen and oxygen atoms in total. The lowest BCUT2D eigenvalue weighted by Crippen LogP contribution is -2.61. The molecule has 1 fully saturated rings. The first-order valence-corrected chi connectivity index (χ1v) is 11.1. The Morgan fingerprint density at radius 3 is 2.84 bits per heavy atom. The largest absolute Gasteiger partial charge is 0.493 e. The molecule has 3 heterocycles. The molecule has 1 atom stereocenters. The summed E-state index contributed by atoms with van der Waals surface area (Å²) in [5, 5.41) is 14.6. The lowest BCUT2D eigenvalue weighted by Gasteiger charge is -2.42. The topological polar surface area (TPSA) is 107 Å². The van der Waals surface area contributed by atoms with Gasteiger partial charge in [0.2, 0.25) is 5.91 Å². The number of amides is 2. The van der Waals surface area contributed by atoms with Crippen molar-refractivity contribution in [2.75, 3.05) is 6.61 Å². The van der Waals surface area contributed by atoms with Crippen LogP contribution in [0.5, 0.6) is 5.75 Å². The fourth-order valence-corrected chi connectivity index (χ4v) is 4.32. The molecule has 168 valence electrons. The van der Waals surface area contributed by atoms with Crippen molar-refractivity contribution in [3.8, 4) is 5.75 Å². The molecule has 3 N–H and O–H groups in total. The first-order valence-electron chi connectivity index (χ1n) is 11.1. The molecular weight excluding hydrogens is 406 g/mol. The molecule has 1 aromatic carbocycles. The van der Waals surface area contributed by atoms with Gasteiger partial charge in [0.05, 0.1) is 31.3 Å². The van der Waals surface area contributed by atoms with Crippen LogP contribution in [0.25, 0.3) is 0 Å². The molecule has 32 heavy (non-hydrogen) atoms. The van der Waals surface area contributed by atoms with Crippen LogP contribution in [0.2, 0.25) is 0 Å².